The number of ketones is 1. The molecule has 3 N–H and O–H groups in total. The van der Waals surface area contributed by atoms with Gasteiger partial charge in [0.25, 0.3) is 0 Å². The van der Waals surface area contributed by atoms with Crippen molar-refractivity contribution in [1.29, 1.82) is 0 Å². The fraction of sp³-hybridized carbons (Fsp3) is 0.167. The molecule has 1 aliphatic rings. The highest BCUT2D eigenvalue weighted by Gasteiger charge is 2.14. The zero-order chi connectivity index (χ0) is 12.4. The van der Waals surface area contributed by atoms with E-state index in [0.29, 0.717) is 17.1 Å². The first-order chi connectivity index (χ1) is 8.08. The first-order valence-corrected chi connectivity index (χ1v) is 5.19. The average molecular weight is 232 g/mol. The molecule has 0 aromatic heterocycles. The van der Waals surface area contributed by atoms with E-state index in [2.05, 4.69) is 0 Å². The standard InChI is InChI=1S/C12H12N2O3/c13-14(12(16)17)10-4-1-8(2-5-10)9-3-6-11(15)7-9/h1-2,4-5,7H,3,6,13H2,(H,16,17). The number of nitrogens with two attached hydrogens (primary N) is 1. The van der Waals surface area contributed by atoms with Crippen LogP contribution in [-0.4, -0.2) is 17.0 Å². The van der Waals surface area contributed by atoms with Crippen molar-refractivity contribution in [3.05, 3.63) is 35.9 Å². The summed E-state index contributed by atoms with van der Waals surface area (Å²) in [4.78, 5) is 21.7. The molecule has 1 aromatic carbocycles. The van der Waals surface area contributed by atoms with Gasteiger partial charge in [-0.05, 0) is 35.8 Å². The summed E-state index contributed by atoms with van der Waals surface area (Å²) in [6.45, 7) is 0. The highest BCUT2D eigenvalue weighted by atomic mass is 16.4. The summed E-state index contributed by atoms with van der Waals surface area (Å²) in [7, 11) is 0. The van der Waals surface area contributed by atoms with Gasteiger partial charge in [0.15, 0.2) is 5.78 Å². The Morgan fingerprint density at radius 3 is 2.35 bits per heavy atom. The zero-order valence-electron chi connectivity index (χ0n) is 9.09. The summed E-state index contributed by atoms with van der Waals surface area (Å²) < 4.78 is 0. The third kappa shape index (κ3) is 2.34. The van der Waals surface area contributed by atoms with E-state index in [-0.39, 0.29) is 5.78 Å². The Morgan fingerprint density at radius 2 is 1.88 bits per heavy atom. The summed E-state index contributed by atoms with van der Waals surface area (Å²) >= 11 is 0. The van der Waals surface area contributed by atoms with Gasteiger partial charge in [-0.3, -0.25) is 4.79 Å². The number of allylic oxidation sites excluding steroid dienone is 2. The molecular formula is C12H12N2O3. The molecule has 1 aromatic rings. The molecule has 1 aliphatic carbocycles. The minimum absolute atomic E-state index is 0.134. The number of hydrogen-bond donors (Lipinski definition) is 2. The van der Waals surface area contributed by atoms with Gasteiger partial charge in [0.05, 0.1) is 5.69 Å². The van der Waals surface area contributed by atoms with E-state index in [1.165, 1.54) is 0 Å². The maximum Gasteiger partial charge on any atom is 0.426 e. The van der Waals surface area contributed by atoms with Gasteiger partial charge < -0.3 is 5.11 Å². The minimum atomic E-state index is -1.21. The lowest BCUT2D eigenvalue weighted by Crippen LogP contribution is -2.35. The van der Waals surface area contributed by atoms with Crippen molar-refractivity contribution in [1.82, 2.24) is 0 Å². The quantitative estimate of drug-likeness (QED) is 0.462. The van der Waals surface area contributed by atoms with Crippen LogP contribution in [0.5, 0.6) is 0 Å². The van der Waals surface area contributed by atoms with Crippen molar-refractivity contribution >= 4 is 23.1 Å². The number of rotatable bonds is 2. The number of amides is 1. The highest BCUT2D eigenvalue weighted by molar-refractivity contribution is 6.01. The molecule has 1 amide bonds. The lowest BCUT2D eigenvalue weighted by atomic mass is 10.1. The molecule has 0 atom stereocenters. The minimum Gasteiger partial charge on any atom is -0.464 e. The molecule has 0 saturated heterocycles. The predicted molar refractivity (Wildman–Crippen MR) is 63.4 cm³/mol. The van der Waals surface area contributed by atoms with E-state index < -0.39 is 6.09 Å². The third-order valence-electron chi connectivity index (χ3n) is 2.70. The fourth-order valence-corrected chi connectivity index (χ4v) is 1.77. The summed E-state index contributed by atoms with van der Waals surface area (Å²) in [6, 6.07) is 6.77. The second-order valence-electron chi connectivity index (χ2n) is 3.84. The largest absolute Gasteiger partial charge is 0.464 e. The van der Waals surface area contributed by atoms with Gasteiger partial charge in [0.1, 0.15) is 0 Å². The number of nitrogens with zero attached hydrogens (tertiary/aromatic N) is 1. The maximum absolute atomic E-state index is 11.1. The van der Waals surface area contributed by atoms with Gasteiger partial charge in [-0.15, -0.1) is 0 Å². The monoisotopic (exact) mass is 232 g/mol. The van der Waals surface area contributed by atoms with E-state index in [1.54, 1.807) is 30.3 Å². The molecule has 5 nitrogen and oxygen atoms in total. The first-order valence-electron chi connectivity index (χ1n) is 5.19. The van der Waals surface area contributed by atoms with Crippen molar-refractivity contribution in [3.63, 3.8) is 0 Å². The second-order valence-corrected chi connectivity index (χ2v) is 3.84. The first kappa shape index (κ1) is 11.3. The smallest absolute Gasteiger partial charge is 0.426 e. The van der Waals surface area contributed by atoms with Crippen LogP contribution in [0.1, 0.15) is 18.4 Å². The summed E-state index contributed by atoms with van der Waals surface area (Å²) in [5.41, 5.74) is 2.31. The van der Waals surface area contributed by atoms with Crippen LogP contribution in [0.4, 0.5) is 10.5 Å². The fourth-order valence-electron chi connectivity index (χ4n) is 1.77. The molecule has 17 heavy (non-hydrogen) atoms. The van der Waals surface area contributed by atoms with Crippen molar-refractivity contribution in [2.45, 2.75) is 12.8 Å². The van der Waals surface area contributed by atoms with Gasteiger partial charge >= 0.3 is 6.09 Å². The number of hydrogen-bond acceptors (Lipinski definition) is 3. The molecular weight excluding hydrogens is 220 g/mol. The van der Waals surface area contributed by atoms with Gasteiger partial charge in [0, 0.05) is 6.42 Å². The summed E-state index contributed by atoms with van der Waals surface area (Å²) in [5.74, 6) is 5.46. The Hall–Kier alpha value is -2.14. The summed E-state index contributed by atoms with van der Waals surface area (Å²) in [6.07, 6.45) is 1.71. The van der Waals surface area contributed by atoms with E-state index in [4.69, 9.17) is 10.9 Å². The van der Waals surface area contributed by atoms with Crippen LogP contribution in [0.15, 0.2) is 30.3 Å². The third-order valence-corrected chi connectivity index (χ3v) is 2.70. The highest BCUT2D eigenvalue weighted by Crippen LogP contribution is 2.27. The number of carbonyl (C=O) groups is 2. The molecule has 5 heteroatoms. The molecule has 2 rings (SSSR count). The van der Waals surface area contributed by atoms with Gasteiger partial charge in [-0.1, -0.05) is 12.1 Å². The van der Waals surface area contributed by atoms with Crippen molar-refractivity contribution < 1.29 is 14.7 Å². The van der Waals surface area contributed by atoms with Crippen LogP contribution in [0.2, 0.25) is 0 Å². The van der Waals surface area contributed by atoms with Gasteiger partial charge in [-0.25, -0.2) is 15.6 Å². The molecule has 0 unspecified atom stereocenters. The SMILES string of the molecule is NN(C(=O)O)c1ccc(C2=CC(=O)CC2)cc1. The van der Waals surface area contributed by atoms with Crippen LogP contribution in [-0.2, 0) is 4.79 Å². The number of carbonyl (C=O) groups excluding carboxylic acids is 1. The molecule has 0 radical (unpaired) electrons. The lowest BCUT2D eigenvalue weighted by molar-refractivity contribution is -0.114. The number of benzene rings is 1. The van der Waals surface area contributed by atoms with Crippen molar-refractivity contribution in [2.75, 3.05) is 5.01 Å². The number of carboxylic acid groups (broad SMARTS) is 1. The summed E-state index contributed by atoms with van der Waals surface area (Å²) in [5, 5.41) is 9.35. The lowest BCUT2D eigenvalue weighted by Gasteiger charge is -2.12. The van der Waals surface area contributed by atoms with Crippen LogP contribution in [0, 0.1) is 0 Å². The molecule has 0 bridgehead atoms. The average Bonchev–Trinajstić information content (AvgIpc) is 2.75. The van der Waals surface area contributed by atoms with Gasteiger partial charge in [-0.2, -0.15) is 0 Å². The Bertz CT molecular complexity index is 491. The van der Waals surface area contributed by atoms with E-state index in [1.807, 2.05) is 0 Å². The van der Waals surface area contributed by atoms with Crippen LogP contribution < -0.4 is 10.9 Å². The van der Waals surface area contributed by atoms with Crippen molar-refractivity contribution in [3.8, 4) is 0 Å². The second kappa shape index (κ2) is 4.39. The zero-order valence-corrected chi connectivity index (χ0v) is 9.09. The molecule has 0 fully saturated rings. The molecule has 0 saturated carbocycles. The molecule has 0 spiro atoms. The van der Waals surface area contributed by atoms with Crippen LogP contribution in [0.3, 0.4) is 0 Å². The van der Waals surface area contributed by atoms with Crippen LogP contribution in [0.25, 0.3) is 5.57 Å². The van der Waals surface area contributed by atoms with Gasteiger partial charge in [0.2, 0.25) is 0 Å². The Kier molecular flexibility index (Phi) is 2.93. The topological polar surface area (TPSA) is 83.6 Å². The Balaban J connectivity index is 2.21. The van der Waals surface area contributed by atoms with E-state index >= 15 is 0 Å². The maximum atomic E-state index is 11.1. The number of hydrazine groups is 1. The Labute approximate surface area is 98.1 Å². The molecule has 0 heterocycles. The molecule has 88 valence electrons. The van der Waals surface area contributed by atoms with E-state index in [0.717, 1.165) is 17.6 Å². The van der Waals surface area contributed by atoms with Crippen molar-refractivity contribution in [2.24, 2.45) is 5.84 Å². The Morgan fingerprint density at radius 1 is 1.24 bits per heavy atom. The normalized spacial score (nSPS) is 14.6. The predicted octanol–water partition coefficient (Wildman–Crippen LogP) is 1.79. The van der Waals surface area contributed by atoms with Crippen LogP contribution >= 0.6 is 0 Å². The van der Waals surface area contributed by atoms with E-state index in [9.17, 15) is 9.59 Å². The molecule has 0 aliphatic heterocycles. The number of anilines is 1.